The van der Waals surface area contributed by atoms with E-state index in [9.17, 15) is 9.59 Å². The second kappa shape index (κ2) is 11.0. The van der Waals surface area contributed by atoms with E-state index >= 15 is 0 Å². The Kier molecular flexibility index (Phi) is 8.43. The quantitative estimate of drug-likeness (QED) is 0.506. The van der Waals surface area contributed by atoms with E-state index in [0.29, 0.717) is 25.1 Å². The molecule has 2 rings (SSSR count). The highest BCUT2D eigenvalue weighted by atomic mass is 16.5. The van der Waals surface area contributed by atoms with Crippen molar-refractivity contribution in [3.8, 4) is 0 Å². The summed E-state index contributed by atoms with van der Waals surface area (Å²) in [6, 6.07) is 14.9. The molecule has 0 unspecified atom stereocenters. The van der Waals surface area contributed by atoms with Crippen molar-refractivity contribution in [2.75, 3.05) is 39.3 Å². The zero-order valence-corrected chi connectivity index (χ0v) is 17.5. The average Bonchev–Trinajstić information content (AvgIpc) is 2.71. The van der Waals surface area contributed by atoms with Gasteiger partial charge >= 0.3 is 0 Å². The summed E-state index contributed by atoms with van der Waals surface area (Å²) >= 11 is 0. The molecule has 2 amide bonds. The first-order chi connectivity index (χ1) is 13.9. The van der Waals surface area contributed by atoms with Crippen molar-refractivity contribution in [2.45, 2.75) is 13.3 Å². The number of ether oxygens (including phenoxy) is 1. The first-order valence-corrected chi connectivity index (χ1v) is 9.55. The largest absolute Gasteiger partial charge is 0.385 e. The minimum atomic E-state index is -0.335. The van der Waals surface area contributed by atoms with E-state index in [1.54, 1.807) is 25.3 Å². The number of nitrogens with zero attached hydrogens (tertiary/aromatic N) is 1. The van der Waals surface area contributed by atoms with Gasteiger partial charge in [-0.1, -0.05) is 29.8 Å². The second-order valence-electron chi connectivity index (χ2n) is 6.97. The molecule has 0 bridgehead atoms. The van der Waals surface area contributed by atoms with Crippen molar-refractivity contribution in [3.05, 3.63) is 70.9 Å². The normalized spacial score (nSPS) is 11.1. The minimum Gasteiger partial charge on any atom is -0.385 e. The number of methoxy groups -OCH3 is 1. The maximum Gasteiger partial charge on any atom is 0.267 e. The minimum absolute atomic E-state index is 0.200. The maximum atomic E-state index is 12.7. The van der Waals surface area contributed by atoms with Crippen molar-refractivity contribution in [1.29, 1.82) is 0 Å². The third-order valence-electron chi connectivity index (χ3n) is 4.34. The van der Waals surface area contributed by atoms with Crippen LogP contribution in [0.25, 0.3) is 6.08 Å². The number of amides is 2. The molecule has 2 aromatic carbocycles. The average molecular weight is 396 g/mol. The number of carbonyl (C=O) groups is 2. The first-order valence-electron chi connectivity index (χ1n) is 9.55. The Morgan fingerprint density at radius 3 is 2.28 bits per heavy atom. The van der Waals surface area contributed by atoms with Crippen LogP contribution in [0.5, 0.6) is 0 Å². The Bertz CT molecular complexity index is 841. The van der Waals surface area contributed by atoms with Crippen LogP contribution in [0.15, 0.2) is 54.2 Å². The smallest absolute Gasteiger partial charge is 0.267 e. The lowest BCUT2D eigenvalue weighted by atomic mass is 10.1. The highest BCUT2D eigenvalue weighted by Crippen LogP contribution is 2.14. The summed E-state index contributed by atoms with van der Waals surface area (Å²) in [4.78, 5) is 27.3. The van der Waals surface area contributed by atoms with Crippen LogP contribution >= 0.6 is 0 Å². The lowest BCUT2D eigenvalue weighted by molar-refractivity contribution is -0.117. The number of aryl methyl sites for hydroxylation is 1. The van der Waals surface area contributed by atoms with E-state index in [1.165, 1.54) is 0 Å². The molecule has 0 radical (unpaired) electrons. The zero-order chi connectivity index (χ0) is 21.2. The van der Waals surface area contributed by atoms with Crippen molar-refractivity contribution < 1.29 is 14.3 Å². The number of hydrogen-bond donors (Lipinski definition) is 2. The molecule has 0 heterocycles. The topological polar surface area (TPSA) is 70.7 Å². The number of benzene rings is 2. The molecule has 0 aliphatic heterocycles. The lowest BCUT2D eigenvalue weighted by Crippen LogP contribution is -2.35. The van der Waals surface area contributed by atoms with Crippen LogP contribution in [0, 0.1) is 6.92 Å². The van der Waals surface area contributed by atoms with Gasteiger partial charge in [0.25, 0.3) is 11.8 Å². The molecular formula is C23H29N3O3. The Morgan fingerprint density at radius 1 is 1.03 bits per heavy atom. The SMILES string of the molecule is COCCCNC(=O)C(=Cc1ccc(N(C)C)cc1)NC(=O)c1ccc(C)cc1. The van der Waals surface area contributed by atoms with Crippen molar-refractivity contribution >= 4 is 23.6 Å². The van der Waals surface area contributed by atoms with Crippen LogP contribution in [0.1, 0.15) is 27.9 Å². The van der Waals surface area contributed by atoms with Crippen LogP contribution in [0.4, 0.5) is 5.69 Å². The van der Waals surface area contributed by atoms with E-state index in [0.717, 1.165) is 16.8 Å². The van der Waals surface area contributed by atoms with Crippen LogP contribution in [-0.2, 0) is 9.53 Å². The van der Waals surface area contributed by atoms with Crippen LogP contribution in [0.2, 0.25) is 0 Å². The van der Waals surface area contributed by atoms with Gasteiger partial charge in [0, 0.05) is 45.6 Å². The molecule has 0 spiro atoms. The molecule has 0 aromatic heterocycles. The van der Waals surface area contributed by atoms with Gasteiger partial charge in [0.2, 0.25) is 0 Å². The number of carbonyl (C=O) groups excluding carboxylic acids is 2. The fourth-order valence-corrected chi connectivity index (χ4v) is 2.61. The molecule has 2 aromatic rings. The van der Waals surface area contributed by atoms with Crippen LogP contribution < -0.4 is 15.5 Å². The third-order valence-corrected chi connectivity index (χ3v) is 4.34. The number of nitrogens with one attached hydrogen (secondary N) is 2. The second-order valence-corrected chi connectivity index (χ2v) is 6.97. The molecule has 154 valence electrons. The molecule has 0 atom stereocenters. The van der Waals surface area contributed by atoms with E-state index in [1.807, 2.05) is 62.3 Å². The Morgan fingerprint density at radius 2 is 1.69 bits per heavy atom. The van der Waals surface area contributed by atoms with E-state index < -0.39 is 0 Å². The fraction of sp³-hybridized carbons (Fsp3) is 0.304. The molecule has 0 saturated carbocycles. The van der Waals surface area contributed by atoms with Gasteiger partial charge in [-0.3, -0.25) is 9.59 Å². The summed E-state index contributed by atoms with van der Waals surface area (Å²) in [5.74, 6) is -0.661. The van der Waals surface area contributed by atoms with E-state index in [2.05, 4.69) is 10.6 Å². The summed E-state index contributed by atoms with van der Waals surface area (Å²) < 4.78 is 5.00. The lowest BCUT2D eigenvalue weighted by Gasteiger charge is -2.13. The van der Waals surface area contributed by atoms with Crippen LogP contribution in [-0.4, -0.2) is 46.2 Å². The number of rotatable bonds is 9. The maximum absolute atomic E-state index is 12.7. The van der Waals surface area contributed by atoms with Gasteiger partial charge in [0.15, 0.2) is 0 Å². The third kappa shape index (κ3) is 7.08. The molecule has 6 nitrogen and oxygen atoms in total. The summed E-state index contributed by atoms with van der Waals surface area (Å²) in [6.45, 7) is 2.98. The standard InChI is InChI=1S/C23H29N3O3/c1-17-6-10-19(11-7-17)22(27)25-21(23(28)24-14-5-15-29-4)16-18-8-12-20(13-9-18)26(2)3/h6-13,16H,5,14-15H2,1-4H3,(H,24,28)(H,25,27). The monoisotopic (exact) mass is 395 g/mol. The molecule has 0 saturated heterocycles. The van der Waals surface area contributed by atoms with Gasteiger partial charge in [-0.25, -0.2) is 0 Å². The Labute approximate surface area is 172 Å². The highest BCUT2D eigenvalue weighted by molar-refractivity contribution is 6.05. The predicted molar refractivity (Wildman–Crippen MR) is 117 cm³/mol. The van der Waals surface area contributed by atoms with Gasteiger partial charge < -0.3 is 20.3 Å². The zero-order valence-electron chi connectivity index (χ0n) is 17.5. The van der Waals surface area contributed by atoms with Gasteiger partial charge in [-0.15, -0.1) is 0 Å². The molecule has 0 aliphatic carbocycles. The summed E-state index contributed by atoms with van der Waals surface area (Å²) in [5.41, 5.74) is 3.63. The van der Waals surface area contributed by atoms with Gasteiger partial charge in [-0.05, 0) is 49.2 Å². The van der Waals surface area contributed by atoms with Gasteiger partial charge in [-0.2, -0.15) is 0 Å². The van der Waals surface area contributed by atoms with Crippen molar-refractivity contribution in [3.63, 3.8) is 0 Å². The van der Waals surface area contributed by atoms with Crippen LogP contribution in [0.3, 0.4) is 0 Å². The summed E-state index contributed by atoms with van der Waals surface area (Å²) in [7, 11) is 5.55. The molecule has 0 fully saturated rings. The fourth-order valence-electron chi connectivity index (χ4n) is 2.61. The molecule has 6 heteroatoms. The van der Waals surface area contributed by atoms with Gasteiger partial charge in [0.1, 0.15) is 5.70 Å². The number of anilines is 1. The number of hydrogen-bond acceptors (Lipinski definition) is 4. The predicted octanol–water partition coefficient (Wildman–Crippen LogP) is 2.98. The molecule has 0 aliphatic rings. The summed E-state index contributed by atoms with van der Waals surface area (Å²) in [6.07, 6.45) is 2.37. The first kappa shape index (κ1) is 22.2. The van der Waals surface area contributed by atoms with Crippen molar-refractivity contribution in [2.24, 2.45) is 0 Å². The molecule has 2 N–H and O–H groups in total. The Balaban J connectivity index is 2.20. The molecule has 29 heavy (non-hydrogen) atoms. The van der Waals surface area contributed by atoms with Gasteiger partial charge in [0.05, 0.1) is 0 Å². The highest BCUT2D eigenvalue weighted by Gasteiger charge is 2.14. The van der Waals surface area contributed by atoms with Crippen molar-refractivity contribution in [1.82, 2.24) is 10.6 Å². The van der Waals surface area contributed by atoms with E-state index in [-0.39, 0.29) is 17.5 Å². The molecular weight excluding hydrogens is 366 g/mol. The summed E-state index contributed by atoms with van der Waals surface area (Å²) in [5, 5.41) is 5.57. The van der Waals surface area contributed by atoms with E-state index in [4.69, 9.17) is 4.74 Å². The Hall–Kier alpha value is -3.12.